The molecule has 0 spiro atoms. The average Bonchev–Trinajstić information content (AvgIpc) is 2.67. The fraction of sp³-hybridized carbons (Fsp3) is 0.333. The highest BCUT2D eigenvalue weighted by Gasteiger charge is 2.22. The van der Waals surface area contributed by atoms with E-state index in [9.17, 15) is 14.0 Å². The van der Waals surface area contributed by atoms with Gasteiger partial charge in [0.1, 0.15) is 5.82 Å². The molecule has 1 amide bonds. The van der Waals surface area contributed by atoms with Crippen LogP contribution in [0.3, 0.4) is 0 Å². The maximum absolute atomic E-state index is 13.1. The molecular formula is C21H24FNO5. The monoisotopic (exact) mass is 389 g/mol. The van der Waals surface area contributed by atoms with E-state index >= 15 is 0 Å². The largest absolute Gasteiger partial charge is 0.493 e. The number of hydrogen-bond acceptors (Lipinski definition) is 4. The zero-order valence-corrected chi connectivity index (χ0v) is 16.1. The Hall–Kier alpha value is -3.09. The number of carbonyl (C=O) groups excluding carboxylic acids is 1. The van der Waals surface area contributed by atoms with E-state index < -0.39 is 23.7 Å². The van der Waals surface area contributed by atoms with Gasteiger partial charge in [0.2, 0.25) is 5.91 Å². The first kappa shape index (κ1) is 21.2. The van der Waals surface area contributed by atoms with Crippen molar-refractivity contribution in [1.29, 1.82) is 0 Å². The Bertz CT molecular complexity index is 822. The second-order valence-corrected chi connectivity index (χ2v) is 6.51. The van der Waals surface area contributed by atoms with Gasteiger partial charge >= 0.3 is 5.97 Å². The number of rotatable bonds is 9. The lowest BCUT2D eigenvalue weighted by atomic mass is 9.98. The van der Waals surface area contributed by atoms with Gasteiger partial charge in [-0.25, -0.2) is 4.39 Å². The molecule has 2 N–H and O–H groups in total. The van der Waals surface area contributed by atoms with Gasteiger partial charge in [-0.15, -0.1) is 0 Å². The summed E-state index contributed by atoms with van der Waals surface area (Å²) in [6.07, 6.45) is 0.149. The predicted molar refractivity (Wildman–Crippen MR) is 102 cm³/mol. The molecule has 0 aromatic heterocycles. The predicted octanol–water partition coefficient (Wildman–Crippen LogP) is 3.35. The van der Waals surface area contributed by atoms with Crippen LogP contribution >= 0.6 is 0 Å². The van der Waals surface area contributed by atoms with Crippen molar-refractivity contribution in [2.75, 3.05) is 14.2 Å². The van der Waals surface area contributed by atoms with Crippen LogP contribution in [0.2, 0.25) is 0 Å². The smallest absolute Gasteiger partial charge is 0.305 e. The van der Waals surface area contributed by atoms with E-state index in [0.29, 0.717) is 23.5 Å². The van der Waals surface area contributed by atoms with E-state index in [0.717, 1.165) is 5.56 Å². The Morgan fingerprint density at radius 1 is 1.07 bits per heavy atom. The fourth-order valence-corrected chi connectivity index (χ4v) is 2.89. The molecule has 0 saturated carbocycles. The standard InChI is InChI=1S/C21H24FNO5/c1-13(10-14-4-9-18(27-2)19(11-14)28-3)21(26)23-17(12-20(24)25)15-5-7-16(22)8-6-15/h4-9,11,13,17H,10,12H2,1-3H3,(H,23,26)(H,24,25). The lowest BCUT2D eigenvalue weighted by molar-refractivity contribution is -0.137. The first-order valence-corrected chi connectivity index (χ1v) is 8.82. The van der Waals surface area contributed by atoms with Crippen molar-refractivity contribution >= 4 is 11.9 Å². The molecule has 2 rings (SSSR count). The molecule has 28 heavy (non-hydrogen) atoms. The summed E-state index contributed by atoms with van der Waals surface area (Å²) in [4.78, 5) is 23.8. The lowest BCUT2D eigenvalue weighted by Gasteiger charge is -2.20. The van der Waals surface area contributed by atoms with E-state index in [2.05, 4.69) is 5.32 Å². The topological polar surface area (TPSA) is 84.9 Å². The van der Waals surface area contributed by atoms with Gasteiger partial charge < -0.3 is 19.9 Å². The number of ether oxygens (including phenoxy) is 2. The number of carboxylic acid groups (broad SMARTS) is 1. The van der Waals surface area contributed by atoms with Crippen molar-refractivity contribution in [3.8, 4) is 11.5 Å². The Morgan fingerprint density at radius 2 is 1.71 bits per heavy atom. The second-order valence-electron chi connectivity index (χ2n) is 6.51. The molecule has 0 aliphatic heterocycles. The van der Waals surface area contributed by atoms with E-state index in [1.807, 2.05) is 6.07 Å². The maximum atomic E-state index is 13.1. The molecule has 2 atom stereocenters. The number of halogens is 1. The number of carbonyl (C=O) groups is 2. The van der Waals surface area contributed by atoms with Crippen LogP contribution in [0.4, 0.5) is 4.39 Å². The van der Waals surface area contributed by atoms with Crippen LogP contribution in [0.15, 0.2) is 42.5 Å². The minimum atomic E-state index is -1.05. The van der Waals surface area contributed by atoms with Crippen molar-refractivity contribution < 1.29 is 28.6 Å². The summed E-state index contributed by atoms with van der Waals surface area (Å²) >= 11 is 0. The van der Waals surface area contributed by atoms with Gasteiger partial charge in [0.25, 0.3) is 0 Å². The van der Waals surface area contributed by atoms with E-state index in [4.69, 9.17) is 14.6 Å². The van der Waals surface area contributed by atoms with Gasteiger partial charge in [-0.3, -0.25) is 9.59 Å². The van der Waals surface area contributed by atoms with Gasteiger partial charge in [-0.05, 0) is 41.8 Å². The highest BCUT2D eigenvalue weighted by molar-refractivity contribution is 5.80. The molecule has 0 aliphatic rings. The quantitative estimate of drug-likeness (QED) is 0.687. The SMILES string of the molecule is COc1ccc(CC(C)C(=O)NC(CC(=O)O)c2ccc(F)cc2)cc1OC. The van der Waals surface area contributed by atoms with Crippen LogP contribution in [-0.2, 0) is 16.0 Å². The Kier molecular flexibility index (Phi) is 7.37. The van der Waals surface area contributed by atoms with Crippen LogP contribution in [-0.4, -0.2) is 31.2 Å². The summed E-state index contributed by atoms with van der Waals surface area (Å²) in [5.41, 5.74) is 1.42. The minimum absolute atomic E-state index is 0.287. The number of amides is 1. The Morgan fingerprint density at radius 3 is 2.29 bits per heavy atom. The summed E-state index contributed by atoms with van der Waals surface area (Å²) in [6.45, 7) is 1.76. The number of aliphatic carboxylic acids is 1. The lowest BCUT2D eigenvalue weighted by Crippen LogP contribution is -2.34. The van der Waals surface area contributed by atoms with E-state index in [-0.39, 0.29) is 12.3 Å². The molecule has 0 bridgehead atoms. The third-order valence-electron chi connectivity index (χ3n) is 4.41. The summed E-state index contributed by atoms with van der Waals surface area (Å²) in [6, 6.07) is 10.1. The average molecular weight is 389 g/mol. The van der Waals surface area contributed by atoms with E-state index in [1.165, 1.54) is 31.4 Å². The number of benzene rings is 2. The zero-order valence-electron chi connectivity index (χ0n) is 16.1. The Balaban J connectivity index is 2.09. The molecule has 2 unspecified atom stereocenters. The van der Waals surface area contributed by atoms with Crippen molar-refractivity contribution in [2.24, 2.45) is 5.92 Å². The van der Waals surface area contributed by atoms with Crippen molar-refractivity contribution in [3.63, 3.8) is 0 Å². The van der Waals surface area contributed by atoms with Crippen LogP contribution in [0.5, 0.6) is 11.5 Å². The van der Waals surface area contributed by atoms with Gasteiger partial charge in [0, 0.05) is 5.92 Å². The van der Waals surface area contributed by atoms with Gasteiger partial charge in [0.15, 0.2) is 11.5 Å². The molecule has 0 heterocycles. The molecule has 0 fully saturated rings. The fourth-order valence-electron chi connectivity index (χ4n) is 2.89. The van der Waals surface area contributed by atoms with Crippen LogP contribution in [0, 0.1) is 11.7 Å². The summed E-state index contributed by atoms with van der Waals surface area (Å²) in [5.74, 6) is -1.00. The number of carboxylic acids is 1. The number of hydrogen-bond donors (Lipinski definition) is 2. The van der Waals surface area contributed by atoms with Gasteiger partial charge in [-0.2, -0.15) is 0 Å². The van der Waals surface area contributed by atoms with Crippen LogP contribution in [0.1, 0.15) is 30.5 Å². The minimum Gasteiger partial charge on any atom is -0.493 e. The summed E-state index contributed by atoms with van der Waals surface area (Å²) in [5, 5.41) is 11.9. The molecule has 0 radical (unpaired) electrons. The second kappa shape index (κ2) is 9.73. The summed E-state index contributed by atoms with van der Waals surface area (Å²) < 4.78 is 23.6. The Labute approximate surface area is 163 Å². The van der Waals surface area contributed by atoms with Gasteiger partial charge in [-0.1, -0.05) is 25.1 Å². The molecule has 2 aromatic rings. The molecule has 0 aliphatic carbocycles. The number of nitrogens with one attached hydrogen (secondary N) is 1. The van der Waals surface area contributed by atoms with Crippen LogP contribution < -0.4 is 14.8 Å². The molecule has 2 aromatic carbocycles. The van der Waals surface area contributed by atoms with E-state index in [1.54, 1.807) is 26.2 Å². The van der Waals surface area contributed by atoms with Gasteiger partial charge in [0.05, 0.1) is 26.7 Å². The van der Waals surface area contributed by atoms with Crippen molar-refractivity contribution in [2.45, 2.75) is 25.8 Å². The van der Waals surface area contributed by atoms with Crippen molar-refractivity contribution in [1.82, 2.24) is 5.32 Å². The third kappa shape index (κ3) is 5.70. The van der Waals surface area contributed by atoms with Crippen LogP contribution in [0.25, 0.3) is 0 Å². The highest BCUT2D eigenvalue weighted by atomic mass is 19.1. The first-order valence-electron chi connectivity index (χ1n) is 8.82. The first-order chi connectivity index (χ1) is 13.3. The molecule has 0 saturated heterocycles. The molecule has 150 valence electrons. The summed E-state index contributed by atoms with van der Waals surface area (Å²) in [7, 11) is 3.09. The maximum Gasteiger partial charge on any atom is 0.305 e. The van der Waals surface area contributed by atoms with Crippen molar-refractivity contribution in [3.05, 3.63) is 59.4 Å². The normalized spacial score (nSPS) is 12.7. The zero-order chi connectivity index (χ0) is 20.7. The third-order valence-corrected chi connectivity index (χ3v) is 4.41. The molecule has 6 nitrogen and oxygen atoms in total. The highest BCUT2D eigenvalue weighted by Crippen LogP contribution is 2.28. The molecule has 7 heteroatoms. The number of methoxy groups -OCH3 is 2. The molecular weight excluding hydrogens is 365 g/mol.